The second-order valence-electron chi connectivity index (χ2n) is 8.75. The zero-order valence-electron chi connectivity index (χ0n) is 17.9. The Morgan fingerprint density at radius 2 is 1.70 bits per heavy atom. The van der Waals surface area contributed by atoms with Crippen LogP contribution in [0.25, 0.3) is 0 Å². The van der Waals surface area contributed by atoms with Gasteiger partial charge in [0.15, 0.2) is 0 Å². The average molecular weight is 431 g/mol. The van der Waals surface area contributed by atoms with E-state index in [2.05, 4.69) is 20.8 Å². The van der Waals surface area contributed by atoms with Crippen LogP contribution in [-0.2, 0) is 21.3 Å². The van der Waals surface area contributed by atoms with Crippen molar-refractivity contribution in [3.05, 3.63) is 65.7 Å². The lowest BCUT2D eigenvalue weighted by Crippen LogP contribution is -2.40. The Morgan fingerprint density at radius 3 is 2.33 bits per heavy atom. The summed E-state index contributed by atoms with van der Waals surface area (Å²) in [5.74, 6) is -0.173. The quantitative estimate of drug-likeness (QED) is 0.705. The number of carbonyl (C=O) groups excluding carboxylic acids is 1. The topological polar surface area (TPSA) is 66.9 Å². The summed E-state index contributed by atoms with van der Waals surface area (Å²) in [7, 11) is -3.66. The van der Waals surface area contributed by atoms with Gasteiger partial charge in [-0.3, -0.25) is 4.79 Å². The average Bonchev–Trinajstić information content (AvgIpc) is 2.73. The Kier molecular flexibility index (Phi) is 6.95. The van der Waals surface area contributed by atoms with Crippen molar-refractivity contribution >= 4 is 15.9 Å². The summed E-state index contributed by atoms with van der Waals surface area (Å²) in [6.45, 7) is 8.68. The van der Waals surface area contributed by atoms with Gasteiger partial charge in [0.05, 0.1) is 18.1 Å². The molecule has 2 aromatic carbocycles. The first-order valence-corrected chi connectivity index (χ1v) is 11.6. The first-order valence-electron chi connectivity index (χ1n) is 10.2. The Hall–Kier alpha value is -2.22. The predicted molar refractivity (Wildman–Crippen MR) is 117 cm³/mol. The van der Waals surface area contributed by atoms with Gasteiger partial charge in [-0.15, -0.1) is 0 Å². The van der Waals surface area contributed by atoms with Gasteiger partial charge in [0, 0.05) is 31.7 Å². The molecule has 0 saturated carbocycles. The van der Waals surface area contributed by atoms with Crippen molar-refractivity contribution in [2.75, 3.05) is 32.8 Å². The fraction of sp³-hybridized carbons (Fsp3) is 0.435. The molecule has 1 aliphatic rings. The smallest absolute Gasteiger partial charge is 0.254 e. The Morgan fingerprint density at radius 1 is 1.03 bits per heavy atom. The van der Waals surface area contributed by atoms with Crippen LogP contribution in [0.4, 0.5) is 0 Å². The summed E-state index contributed by atoms with van der Waals surface area (Å²) >= 11 is 0. The summed E-state index contributed by atoms with van der Waals surface area (Å²) in [6.07, 6.45) is 0. The molecule has 30 heavy (non-hydrogen) atoms. The molecule has 1 amide bonds. The molecule has 6 nitrogen and oxygen atoms in total. The number of nitrogens with zero attached hydrogens (tertiary/aromatic N) is 2. The first-order chi connectivity index (χ1) is 14.2. The van der Waals surface area contributed by atoms with E-state index in [9.17, 15) is 13.2 Å². The number of carbonyl (C=O) groups is 1. The number of sulfonamides is 1. The molecule has 1 aliphatic heterocycles. The van der Waals surface area contributed by atoms with Crippen molar-refractivity contribution in [3.8, 4) is 0 Å². The molecular weight excluding hydrogens is 400 g/mol. The Balaban J connectivity index is 1.88. The molecular formula is C23H30N2O4S. The maximum Gasteiger partial charge on any atom is 0.254 e. The van der Waals surface area contributed by atoms with Gasteiger partial charge >= 0.3 is 0 Å². The summed E-state index contributed by atoms with van der Waals surface area (Å²) in [4.78, 5) is 15.3. The lowest BCUT2D eigenvalue weighted by Gasteiger charge is -2.30. The number of benzene rings is 2. The van der Waals surface area contributed by atoms with E-state index >= 15 is 0 Å². The van der Waals surface area contributed by atoms with Gasteiger partial charge in [0.25, 0.3) is 5.91 Å². The highest BCUT2D eigenvalue weighted by Gasteiger charge is 2.28. The highest BCUT2D eigenvalue weighted by molar-refractivity contribution is 7.89. The maximum atomic E-state index is 13.4. The Bertz CT molecular complexity index is 962. The number of hydrogen-bond donors (Lipinski definition) is 0. The summed E-state index contributed by atoms with van der Waals surface area (Å²) in [5, 5.41) is 0. The van der Waals surface area contributed by atoms with Gasteiger partial charge in [0.1, 0.15) is 0 Å². The van der Waals surface area contributed by atoms with Crippen LogP contribution < -0.4 is 0 Å². The molecule has 7 heteroatoms. The van der Waals surface area contributed by atoms with Crippen LogP contribution in [0.3, 0.4) is 0 Å². The molecule has 0 bridgehead atoms. The molecule has 0 radical (unpaired) electrons. The second-order valence-corrected chi connectivity index (χ2v) is 10.7. The highest BCUT2D eigenvalue weighted by atomic mass is 32.2. The third-order valence-electron chi connectivity index (χ3n) is 4.86. The molecule has 1 fully saturated rings. The Labute approximate surface area is 179 Å². The van der Waals surface area contributed by atoms with E-state index in [1.54, 1.807) is 23.1 Å². The predicted octanol–water partition coefficient (Wildman–Crippen LogP) is 3.40. The van der Waals surface area contributed by atoms with Gasteiger partial charge in [-0.25, -0.2) is 8.42 Å². The molecule has 0 aromatic heterocycles. The summed E-state index contributed by atoms with van der Waals surface area (Å²) in [5.41, 5.74) is 1.32. The van der Waals surface area contributed by atoms with Crippen molar-refractivity contribution in [1.29, 1.82) is 0 Å². The van der Waals surface area contributed by atoms with Gasteiger partial charge in [-0.05, 0) is 29.2 Å². The minimum Gasteiger partial charge on any atom is -0.379 e. The standard InChI is InChI=1S/C23H30N2O4S/c1-23(2,3)18-24(17-19-8-5-4-6-9-19)22(26)20-10-7-11-21(16-20)30(27,28)25-12-14-29-15-13-25/h4-11,16H,12-15,17-18H2,1-3H3. The fourth-order valence-corrected chi connectivity index (χ4v) is 4.94. The number of amides is 1. The lowest BCUT2D eigenvalue weighted by atomic mass is 9.95. The number of rotatable bonds is 6. The minimum atomic E-state index is -3.66. The van der Waals surface area contributed by atoms with E-state index in [1.165, 1.54) is 10.4 Å². The minimum absolute atomic E-state index is 0.0953. The highest BCUT2D eigenvalue weighted by Crippen LogP contribution is 2.22. The lowest BCUT2D eigenvalue weighted by molar-refractivity contribution is 0.0679. The van der Waals surface area contributed by atoms with E-state index < -0.39 is 10.0 Å². The van der Waals surface area contributed by atoms with Crippen LogP contribution in [0.5, 0.6) is 0 Å². The van der Waals surface area contributed by atoms with Crippen LogP contribution in [0.1, 0.15) is 36.7 Å². The number of morpholine rings is 1. The van der Waals surface area contributed by atoms with Crippen LogP contribution >= 0.6 is 0 Å². The second kappa shape index (κ2) is 9.29. The molecule has 0 atom stereocenters. The third-order valence-corrected chi connectivity index (χ3v) is 6.75. The van der Waals surface area contributed by atoms with Gasteiger partial charge < -0.3 is 9.64 Å². The molecule has 0 N–H and O–H groups in total. The van der Waals surface area contributed by atoms with E-state index in [0.29, 0.717) is 45.0 Å². The zero-order chi connectivity index (χ0) is 21.8. The van der Waals surface area contributed by atoms with E-state index in [4.69, 9.17) is 4.74 Å². The number of hydrogen-bond acceptors (Lipinski definition) is 4. The largest absolute Gasteiger partial charge is 0.379 e. The van der Waals surface area contributed by atoms with Crippen molar-refractivity contribution in [3.63, 3.8) is 0 Å². The fourth-order valence-electron chi connectivity index (χ4n) is 3.48. The van der Waals surface area contributed by atoms with E-state index in [1.807, 2.05) is 30.3 Å². The van der Waals surface area contributed by atoms with Crippen LogP contribution in [-0.4, -0.2) is 56.4 Å². The van der Waals surface area contributed by atoms with Crippen molar-refractivity contribution in [2.24, 2.45) is 5.41 Å². The molecule has 1 saturated heterocycles. The van der Waals surface area contributed by atoms with E-state index in [-0.39, 0.29) is 16.2 Å². The monoisotopic (exact) mass is 430 g/mol. The van der Waals surface area contributed by atoms with Crippen LogP contribution in [0.15, 0.2) is 59.5 Å². The van der Waals surface area contributed by atoms with Crippen molar-refractivity contribution < 1.29 is 17.9 Å². The molecule has 2 aromatic rings. The van der Waals surface area contributed by atoms with Crippen LogP contribution in [0.2, 0.25) is 0 Å². The maximum absolute atomic E-state index is 13.4. The molecule has 3 rings (SSSR count). The van der Waals surface area contributed by atoms with Crippen molar-refractivity contribution in [1.82, 2.24) is 9.21 Å². The zero-order valence-corrected chi connectivity index (χ0v) is 18.7. The molecule has 0 spiro atoms. The third kappa shape index (κ3) is 5.68. The first kappa shape index (κ1) is 22.5. The molecule has 1 heterocycles. The molecule has 0 aliphatic carbocycles. The van der Waals surface area contributed by atoms with Gasteiger partial charge in [0.2, 0.25) is 10.0 Å². The summed E-state index contributed by atoms with van der Waals surface area (Å²) < 4.78 is 32.7. The van der Waals surface area contributed by atoms with Crippen molar-refractivity contribution in [2.45, 2.75) is 32.2 Å². The molecule has 162 valence electrons. The van der Waals surface area contributed by atoms with Gasteiger partial charge in [-0.1, -0.05) is 57.2 Å². The molecule has 0 unspecified atom stereocenters. The summed E-state index contributed by atoms with van der Waals surface area (Å²) in [6, 6.07) is 16.2. The SMILES string of the molecule is CC(C)(C)CN(Cc1ccccc1)C(=O)c1cccc(S(=O)(=O)N2CCOCC2)c1. The normalized spacial score (nSPS) is 15.7. The van der Waals surface area contributed by atoms with Gasteiger partial charge in [-0.2, -0.15) is 4.31 Å². The van der Waals surface area contributed by atoms with E-state index in [0.717, 1.165) is 5.56 Å². The van der Waals surface area contributed by atoms with Crippen LogP contribution in [0, 0.1) is 5.41 Å². The number of ether oxygens (including phenoxy) is 1.